The lowest BCUT2D eigenvalue weighted by molar-refractivity contribution is 0.296. The van der Waals surface area contributed by atoms with Gasteiger partial charge in [-0.05, 0) is 78.4 Å². The number of aryl methyl sites for hydroxylation is 2. The highest BCUT2D eigenvalue weighted by molar-refractivity contribution is 5.88. The van der Waals surface area contributed by atoms with Gasteiger partial charge in [-0.1, -0.05) is 12.1 Å². The maximum absolute atomic E-state index is 9.69. The van der Waals surface area contributed by atoms with E-state index in [1.807, 2.05) is 44.2 Å². The Morgan fingerprint density at radius 2 is 1.23 bits per heavy atom. The van der Waals surface area contributed by atoms with E-state index >= 15 is 0 Å². The van der Waals surface area contributed by atoms with Crippen molar-refractivity contribution in [3.8, 4) is 45.3 Å². The van der Waals surface area contributed by atoms with Crippen molar-refractivity contribution in [1.29, 1.82) is 0 Å². The molecule has 3 aromatic rings. The SMILES string of the molecule is COc1ccc(-c2cc(CCO)c(OC)c(-c3ccc(OC)c(C)c3)c2OC)cc1C. The van der Waals surface area contributed by atoms with Crippen LogP contribution < -0.4 is 18.9 Å². The van der Waals surface area contributed by atoms with E-state index in [2.05, 4.69) is 12.1 Å². The molecule has 0 bridgehead atoms. The average molecular weight is 423 g/mol. The minimum absolute atomic E-state index is 0.0187. The number of benzene rings is 3. The van der Waals surface area contributed by atoms with E-state index in [0.29, 0.717) is 17.9 Å². The van der Waals surface area contributed by atoms with Gasteiger partial charge < -0.3 is 24.1 Å². The normalized spacial score (nSPS) is 10.7. The van der Waals surface area contributed by atoms with Crippen LogP contribution in [0.1, 0.15) is 16.7 Å². The van der Waals surface area contributed by atoms with Gasteiger partial charge in [-0.2, -0.15) is 0 Å². The Kier molecular flexibility index (Phi) is 7.08. The van der Waals surface area contributed by atoms with Crippen LogP contribution in [0.3, 0.4) is 0 Å². The second kappa shape index (κ2) is 9.75. The van der Waals surface area contributed by atoms with Crippen molar-refractivity contribution < 1.29 is 24.1 Å². The predicted molar refractivity (Wildman–Crippen MR) is 124 cm³/mol. The van der Waals surface area contributed by atoms with Crippen LogP contribution in [0.15, 0.2) is 42.5 Å². The molecule has 3 aromatic carbocycles. The highest BCUT2D eigenvalue weighted by atomic mass is 16.5. The number of hydrogen-bond donors (Lipinski definition) is 1. The second-order valence-electron chi connectivity index (χ2n) is 7.37. The van der Waals surface area contributed by atoms with Crippen LogP contribution >= 0.6 is 0 Å². The number of rotatable bonds is 8. The summed E-state index contributed by atoms with van der Waals surface area (Å²) in [7, 11) is 6.64. The molecule has 0 unspecified atom stereocenters. The molecule has 0 aliphatic carbocycles. The van der Waals surface area contributed by atoms with Gasteiger partial charge in [-0.25, -0.2) is 0 Å². The van der Waals surface area contributed by atoms with E-state index in [0.717, 1.165) is 50.4 Å². The van der Waals surface area contributed by atoms with Crippen molar-refractivity contribution in [2.24, 2.45) is 0 Å². The second-order valence-corrected chi connectivity index (χ2v) is 7.37. The molecular weight excluding hydrogens is 392 g/mol. The maximum atomic E-state index is 9.69. The number of aliphatic hydroxyl groups excluding tert-OH is 1. The van der Waals surface area contributed by atoms with Crippen LogP contribution in [-0.2, 0) is 6.42 Å². The average Bonchev–Trinajstić information content (AvgIpc) is 2.78. The first-order valence-corrected chi connectivity index (χ1v) is 10.2. The first kappa shape index (κ1) is 22.5. The minimum Gasteiger partial charge on any atom is -0.496 e. The van der Waals surface area contributed by atoms with Gasteiger partial charge in [0.25, 0.3) is 0 Å². The summed E-state index contributed by atoms with van der Waals surface area (Å²) in [4.78, 5) is 0. The van der Waals surface area contributed by atoms with Crippen LogP contribution in [0.25, 0.3) is 22.3 Å². The molecule has 164 valence electrons. The van der Waals surface area contributed by atoms with Crippen molar-refractivity contribution >= 4 is 0 Å². The predicted octanol–water partition coefficient (Wildman–Crippen LogP) is 5.21. The van der Waals surface area contributed by atoms with Gasteiger partial charge in [0.15, 0.2) is 0 Å². The molecule has 0 aliphatic heterocycles. The first-order valence-electron chi connectivity index (χ1n) is 10.2. The van der Waals surface area contributed by atoms with Crippen molar-refractivity contribution in [1.82, 2.24) is 0 Å². The van der Waals surface area contributed by atoms with Gasteiger partial charge >= 0.3 is 0 Å². The van der Waals surface area contributed by atoms with Gasteiger partial charge in [-0.3, -0.25) is 0 Å². The van der Waals surface area contributed by atoms with Gasteiger partial charge in [-0.15, -0.1) is 0 Å². The van der Waals surface area contributed by atoms with Gasteiger partial charge in [0, 0.05) is 12.2 Å². The van der Waals surface area contributed by atoms with Gasteiger partial charge in [0.05, 0.1) is 34.0 Å². The molecule has 0 radical (unpaired) electrons. The molecular formula is C26H30O5. The topological polar surface area (TPSA) is 57.2 Å². The van der Waals surface area contributed by atoms with Crippen molar-refractivity contribution in [3.63, 3.8) is 0 Å². The molecule has 0 amide bonds. The molecule has 1 N–H and O–H groups in total. The molecule has 0 aromatic heterocycles. The summed E-state index contributed by atoms with van der Waals surface area (Å²) in [6.07, 6.45) is 0.470. The Hall–Kier alpha value is -3.18. The third-order valence-corrected chi connectivity index (χ3v) is 5.49. The molecule has 0 spiro atoms. The molecule has 5 heteroatoms. The third kappa shape index (κ3) is 4.32. The molecule has 0 saturated carbocycles. The standard InChI is InChI=1S/C26H30O5/c1-16-13-18(7-9-22(16)28-3)21-15-20(11-12-27)25(30-5)24(26(21)31-6)19-8-10-23(29-4)17(2)14-19/h7-10,13-15,27H,11-12H2,1-6H3. The molecule has 3 rings (SSSR count). The monoisotopic (exact) mass is 422 g/mol. The lowest BCUT2D eigenvalue weighted by atomic mass is 9.91. The largest absolute Gasteiger partial charge is 0.496 e. The number of methoxy groups -OCH3 is 4. The summed E-state index contributed by atoms with van der Waals surface area (Å²) in [5.41, 5.74) is 6.70. The quantitative estimate of drug-likeness (QED) is 0.540. The van der Waals surface area contributed by atoms with Crippen LogP contribution in [0.2, 0.25) is 0 Å². The Morgan fingerprint density at radius 3 is 1.71 bits per heavy atom. The fourth-order valence-corrected chi connectivity index (χ4v) is 4.01. The summed E-state index contributed by atoms with van der Waals surface area (Å²) in [5, 5.41) is 9.69. The number of aliphatic hydroxyl groups is 1. The van der Waals surface area contributed by atoms with Crippen molar-refractivity contribution in [2.45, 2.75) is 20.3 Å². The van der Waals surface area contributed by atoms with E-state index in [1.165, 1.54) is 0 Å². The maximum Gasteiger partial charge on any atom is 0.138 e. The molecule has 0 atom stereocenters. The zero-order valence-corrected chi connectivity index (χ0v) is 19.0. The van der Waals surface area contributed by atoms with E-state index in [4.69, 9.17) is 18.9 Å². The van der Waals surface area contributed by atoms with E-state index in [9.17, 15) is 5.11 Å². The highest BCUT2D eigenvalue weighted by Gasteiger charge is 2.23. The van der Waals surface area contributed by atoms with Gasteiger partial charge in [0.1, 0.15) is 23.0 Å². The highest BCUT2D eigenvalue weighted by Crippen LogP contribution is 2.48. The zero-order chi connectivity index (χ0) is 22.5. The minimum atomic E-state index is 0.0187. The summed E-state index contributed by atoms with van der Waals surface area (Å²) < 4.78 is 22.6. The van der Waals surface area contributed by atoms with Crippen molar-refractivity contribution in [2.75, 3.05) is 35.0 Å². The number of ether oxygens (including phenoxy) is 4. The molecule has 5 nitrogen and oxygen atoms in total. The Bertz CT molecular complexity index is 1070. The van der Waals surface area contributed by atoms with E-state index in [-0.39, 0.29) is 6.61 Å². The van der Waals surface area contributed by atoms with Crippen LogP contribution in [0.4, 0.5) is 0 Å². The fraction of sp³-hybridized carbons (Fsp3) is 0.308. The van der Waals surface area contributed by atoms with Gasteiger partial charge in [0.2, 0.25) is 0 Å². The van der Waals surface area contributed by atoms with Crippen molar-refractivity contribution in [3.05, 3.63) is 59.2 Å². The summed E-state index contributed by atoms with van der Waals surface area (Å²) >= 11 is 0. The lowest BCUT2D eigenvalue weighted by Crippen LogP contribution is -2.03. The summed E-state index contributed by atoms with van der Waals surface area (Å²) in [6, 6.07) is 14.1. The van der Waals surface area contributed by atoms with Crippen LogP contribution in [0, 0.1) is 13.8 Å². The third-order valence-electron chi connectivity index (χ3n) is 5.49. The molecule has 0 fully saturated rings. The summed E-state index contributed by atoms with van der Waals surface area (Å²) in [5.74, 6) is 3.06. The van der Waals surface area contributed by atoms with E-state index < -0.39 is 0 Å². The molecule has 0 heterocycles. The Morgan fingerprint density at radius 1 is 0.677 bits per heavy atom. The molecule has 31 heavy (non-hydrogen) atoms. The van der Waals surface area contributed by atoms with Crippen LogP contribution in [0.5, 0.6) is 23.0 Å². The van der Waals surface area contributed by atoms with Crippen LogP contribution in [-0.4, -0.2) is 40.2 Å². The summed E-state index contributed by atoms with van der Waals surface area (Å²) in [6.45, 7) is 4.04. The lowest BCUT2D eigenvalue weighted by Gasteiger charge is -2.22. The molecule has 0 aliphatic rings. The first-order chi connectivity index (χ1) is 15.0. The fourth-order valence-electron chi connectivity index (χ4n) is 4.01. The number of hydrogen-bond acceptors (Lipinski definition) is 5. The smallest absolute Gasteiger partial charge is 0.138 e. The Balaban J connectivity index is 2.35. The Labute approximate surface area is 184 Å². The van der Waals surface area contributed by atoms with E-state index in [1.54, 1.807) is 28.4 Å². The molecule has 0 saturated heterocycles. The zero-order valence-electron chi connectivity index (χ0n) is 19.0.